The summed E-state index contributed by atoms with van der Waals surface area (Å²) in [6, 6.07) is 20.8. The first-order valence-electron chi connectivity index (χ1n) is 15.4. The minimum atomic E-state index is -1.51. The van der Waals surface area contributed by atoms with Crippen LogP contribution in [0, 0.1) is 5.41 Å². The topological polar surface area (TPSA) is 102 Å². The molecule has 0 unspecified atom stereocenters. The molecule has 0 saturated carbocycles. The molecule has 238 valence electrons. The number of halogens is 1. The molecule has 2 heterocycles. The van der Waals surface area contributed by atoms with Gasteiger partial charge >= 0.3 is 0 Å². The molecular formula is C35H42BrN5O4. The van der Waals surface area contributed by atoms with E-state index >= 15 is 0 Å². The highest BCUT2D eigenvalue weighted by Crippen LogP contribution is 2.39. The van der Waals surface area contributed by atoms with Crippen molar-refractivity contribution in [3.8, 4) is 0 Å². The van der Waals surface area contributed by atoms with Crippen LogP contribution < -0.4 is 10.6 Å². The summed E-state index contributed by atoms with van der Waals surface area (Å²) in [4.78, 5) is 60.0. The molecule has 0 bridgehead atoms. The highest BCUT2D eigenvalue weighted by molar-refractivity contribution is 9.10. The summed E-state index contributed by atoms with van der Waals surface area (Å²) in [6.45, 7) is 7.91. The summed E-state index contributed by atoms with van der Waals surface area (Å²) >= 11 is 3.62. The predicted molar refractivity (Wildman–Crippen MR) is 178 cm³/mol. The Hall–Kier alpha value is -3.60. The van der Waals surface area contributed by atoms with Gasteiger partial charge in [-0.3, -0.25) is 19.2 Å². The predicted octanol–water partition coefficient (Wildman–Crippen LogP) is 3.73. The van der Waals surface area contributed by atoms with Crippen LogP contribution in [0.3, 0.4) is 0 Å². The van der Waals surface area contributed by atoms with Gasteiger partial charge in [0, 0.05) is 22.9 Å². The fourth-order valence-electron chi connectivity index (χ4n) is 6.52. The minimum Gasteiger partial charge on any atom is -0.337 e. The van der Waals surface area contributed by atoms with Gasteiger partial charge in [0.1, 0.15) is 12.2 Å². The summed E-state index contributed by atoms with van der Waals surface area (Å²) in [7, 11) is 1.68. The Morgan fingerprint density at radius 2 is 1.73 bits per heavy atom. The Balaban J connectivity index is 1.54. The van der Waals surface area contributed by atoms with Crippen molar-refractivity contribution in [2.45, 2.75) is 64.4 Å². The maximum Gasteiger partial charge on any atom is 0.245 e. The van der Waals surface area contributed by atoms with Gasteiger partial charge < -0.3 is 20.4 Å². The molecule has 10 heteroatoms. The van der Waals surface area contributed by atoms with E-state index in [9.17, 15) is 19.2 Å². The van der Waals surface area contributed by atoms with Gasteiger partial charge in [-0.05, 0) is 48.4 Å². The molecule has 2 fully saturated rings. The SMILES string of the molecule is CN[C@@H](C)C(=O)N[C@](C=O)(N1CC(=O)N2[C@@H](Cc3ccc4ccccc4c3)C(=O)N(CCc3ccccc3Br)C[C@@H]21)C(C)(C)C. The third kappa shape index (κ3) is 6.28. The van der Waals surface area contributed by atoms with Crippen molar-refractivity contribution in [1.29, 1.82) is 0 Å². The molecule has 2 aliphatic heterocycles. The zero-order chi connectivity index (χ0) is 32.5. The summed E-state index contributed by atoms with van der Waals surface area (Å²) < 4.78 is 0.968. The Labute approximate surface area is 273 Å². The second-order valence-corrected chi connectivity index (χ2v) is 13.9. The van der Waals surface area contributed by atoms with Gasteiger partial charge in [-0.1, -0.05) is 97.4 Å². The number of rotatable bonds is 10. The smallest absolute Gasteiger partial charge is 0.245 e. The molecule has 9 nitrogen and oxygen atoms in total. The van der Waals surface area contributed by atoms with Crippen LogP contribution in [0.5, 0.6) is 0 Å². The first-order chi connectivity index (χ1) is 21.4. The van der Waals surface area contributed by atoms with E-state index in [1.165, 1.54) is 0 Å². The van der Waals surface area contributed by atoms with Gasteiger partial charge in [0.2, 0.25) is 17.7 Å². The van der Waals surface area contributed by atoms with Crippen molar-refractivity contribution in [1.82, 2.24) is 25.3 Å². The van der Waals surface area contributed by atoms with E-state index in [0.717, 1.165) is 32.7 Å². The molecule has 0 spiro atoms. The third-order valence-corrected chi connectivity index (χ3v) is 10.1. The number of amides is 3. The lowest BCUT2D eigenvalue weighted by molar-refractivity contribution is -0.160. The molecule has 2 saturated heterocycles. The zero-order valence-corrected chi connectivity index (χ0v) is 28.1. The third-order valence-electron chi connectivity index (χ3n) is 9.35. The van der Waals surface area contributed by atoms with Gasteiger partial charge in [0.25, 0.3) is 0 Å². The number of likely N-dealkylation sites (N-methyl/N-ethyl adjacent to an activating group) is 1. The second-order valence-electron chi connectivity index (χ2n) is 13.1. The number of hydrogen-bond acceptors (Lipinski definition) is 6. The average molecular weight is 677 g/mol. The van der Waals surface area contributed by atoms with Crippen LogP contribution in [0.1, 0.15) is 38.8 Å². The lowest BCUT2D eigenvalue weighted by atomic mass is 9.79. The van der Waals surface area contributed by atoms with E-state index in [2.05, 4.69) is 32.6 Å². The van der Waals surface area contributed by atoms with Crippen LogP contribution in [0.2, 0.25) is 0 Å². The van der Waals surface area contributed by atoms with E-state index in [-0.39, 0.29) is 30.8 Å². The lowest BCUT2D eigenvalue weighted by Gasteiger charge is -2.52. The molecule has 3 aromatic carbocycles. The van der Waals surface area contributed by atoms with Gasteiger partial charge in [-0.15, -0.1) is 0 Å². The standard InChI is InChI=1S/C35H42BrN5O4/c1-23(37-5)32(44)38-35(22-42,34(2,3)4)40-21-31(43)41-29(19-24-14-15-25-10-6-7-12-27(25)18-24)33(45)39(20-30(40)41)17-16-26-11-8-9-13-28(26)36/h6-15,18,22-23,29-30,37H,16-17,19-21H2,1-5H3,(H,38,44)/t23-,29-,30+,35+/m0/s1. The Morgan fingerprint density at radius 3 is 2.40 bits per heavy atom. The van der Waals surface area contributed by atoms with Gasteiger partial charge in [-0.2, -0.15) is 0 Å². The van der Waals surface area contributed by atoms with Gasteiger partial charge in [0.15, 0.2) is 11.9 Å². The maximum atomic E-state index is 14.3. The van der Waals surface area contributed by atoms with Crippen molar-refractivity contribution in [2.75, 3.05) is 26.7 Å². The van der Waals surface area contributed by atoms with Crippen LogP contribution in [0.4, 0.5) is 0 Å². The number of fused-ring (bicyclic) bond motifs is 2. The van der Waals surface area contributed by atoms with Crippen molar-refractivity contribution >= 4 is 50.7 Å². The monoisotopic (exact) mass is 675 g/mol. The number of nitrogens with one attached hydrogen (secondary N) is 2. The highest BCUT2D eigenvalue weighted by atomic mass is 79.9. The molecule has 3 aromatic rings. The molecule has 2 aliphatic rings. The molecule has 45 heavy (non-hydrogen) atoms. The summed E-state index contributed by atoms with van der Waals surface area (Å²) in [5, 5.41) is 8.10. The molecular weight excluding hydrogens is 634 g/mol. The molecule has 5 rings (SSSR count). The van der Waals surface area contributed by atoms with E-state index in [0.29, 0.717) is 19.4 Å². The number of piperazine rings is 1. The van der Waals surface area contributed by atoms with Crippen LogP contribution in [0.25, 0.3) is 10.8 Å². The maximum absolute atomic E-state index is 14.3. The van der Waals surface area contributed by atoms with E-state index in [4.69, 9.17) is 0 Å². The van der Waals surface area contributed by atoms with Crippen LogP contribution >= 0.6 is 15.9 Å². The fourth-order valence-corrected chi connectivity index (χ4v) is 7.00. The van der Waals surface area contributed by atoms with Gasteiger partial charge in [0.05, 0.1) is 19.1 Å². The zero-order valence-electron chi connectivity index (χ0n) is 26.5. The first kappa shape index (κ1) is 32.8. The second kappa shape index (κ2) is 13.0. The normalized spacial score (nSPS) is 21.0. The number of carbonyl (C=O) groups is 4. The molecule has 0 aliphatic carbocycles. The van der Waals surface area contributed by atoms with E-state index < -0.39 is 29.3 Å². The van der Waals surface area contributed by atoms with Crippen LogP contribution in [0.15, 0.2) is 71.2 Å². The van der Waals surface area contributed by atoms with Crippen LogP contribution in [-0.4, -0.2) is 89.3 Å². The number of hydrogen-bond donors (Lipinski definition) is 2. The first-order valence-corrected chi connectivity index (χ1v) is 16.2. The van der Waals surface area contributed by atoms with E-state index in [1.54, 1.807) is 23.8 Å². The van der Waals surface area contributed by atoms with Crippen molar-refractivity contribution < 1.29 is 19.2 Å². The molecule has 0 radical (unpaired) electrons. The largest absolute Gasteiger partial charge is 0.337 e. The average Bonchev–Trinajstić information content (AvgIpc) is 3.35. The van der Waals surface area contributed by atoms with E-state index in [1.807, 2.05) is 86.3 Å². The summed E-state index contributed by atoms with van der Waals surface area (Å²) in [6.07, 6.45) is 1.09. The van der Waals surface area contributed by atoms with Crippen LogP contribution in [-0.2, 0) is 32.0 Å². The molecule has 2 N–H and O–H groups in total. The Kier molecular flexibility index (Phi) is 9.49. The number of benzene rings is 3. The molecule has 3 amide bonds. The Morgan fingerprint density at radius 1 is 1.04 bits per heavy atom. The number of carbonyl (C=O) groups excluding carboxylic acids is 4. The van der Waals surface area contributed by atoms with Crippen molar-refractivity contribution in [2.24, 2.45) is 5.41 Å². The fraction of sp³-hybridized carbons (Fsp3) is 0.429. The number of aldehydes is 1. The summed E-state index contributed by atoms with van der Waals surface area (Å²) in [5.74, 6) is -0.714. The van der Waals surface area contributed by atoms with Gasteiger partial charge in [-0.25, -0.2) is 4.90 Å². The highest BCUT2D eigenvalue weighted by Gasteiger charge is 2.59. The molecule has 0 aromatic heterocycles. The Bertz CT molecular complexity index is 1610. The van der Waals surface area contributed by atoms with Crippen molar-refractivity contribution in [3.05, 3.63) is 82.3 Å². The summed E-state index contributed by atoms with van der Waals surface area (Å²) in [5.41, 5.74) is -0.281. The number of nitrogens with zero attached hydrogens (tertiary/aromatic N) is 3. The lowest BCUT2D eigenvalue weighted by Crippen LogP contribution is -2.74. The van der Waals surface area contributed by atoms with Crippen molar-refractivity contribution in [3.63, 3.8) is 0 Å². The quantitative estimate of drug-likeness (QED) is 0.318. The minimum absolute atomic E-state index is 0.103. The molecule has 4 atom stereocenters.